The summed E-state index contributed by atoms with van der Waals surface area (Å²) in [6, 6.07) is 18.7. The van der Waals surface area contributed by atoms with Gasteiger partial charge in [-0.15, -0.1) is 0 Å². The number of rotatable bonds is 11. The summed E-state index contributed by atoms with van der Waals surface area (Å²) in [6.07, 6.45) is 1.43. The largest absolute Gasteiger partial charge is 0.484 e. The third-order valence-corrected chi connectivity index (χ3v) is 7.62. The van der Waals surface area contributed by atoms with Crippen LogP contribution in [0.25, 0.3) is 0 Å². The van der Waals surface area contributed by atoms with Crippen LogP contribution in [0.5, 0.6) is 5.75 Å². The van der Waals surface area contributed by atoms with Gasteiger partial charge in [-0.05, 0) is 93.8 Å². The van der Waals surface area contributed by atoms with Crippen LogP contribution >= 0.6 is 0 Å². The first-order valence-electron chi connectivity index (χ1n) is 12.5. The molecule has 0 heterocycles. The van der Waals surface area contributed by atoms with E-state index in [4.69, 9.17) is 4.74 Å². The van der Waals surface area contributed by atoms with Gasteiger partial charge in [-0.1, -0.05) is 29.8 Å². The molecular weight excluding hydrogens is 516 g/mol. The summed E-state index contributed by atoms with van der Waals surface area (Å²) in [5.41, 5.74) is 6.10. The van der Waals surface area contributed by atoms with Gasteiger partial charge in [0, 0.05) is 6.04 Å². The lowest BCUT2D eigenvalue weighted by Crippen LogP contribution is -2.40. The fourth-order valence-electron chi connectivity index (χ4n) is 3.65. The van der Waals surface area contributed by atoms with Crippen molar-refractivity contribution >= 4 is 33.7 Å². The van der Waals surface area contributed by atoms with Crippen LogP contribution in [0.1, 0.15) is 36.1 Å². The predicted molar refractivity (Wildman–Crippen MR) is 153 cm³/mol. The van der Waals surface area contributed by atoms with Gasteiger partial charge in [0.2, 0.25) is 0 Å². The molecule has 0 aliphatic heterocycles. The van der Waals surface area contributed by atoms with E-state index in [0.29, 0.717) is 17.0 Å². The summed E-state index contributed by atoms with van der Waals surface area (Å²) in [5, 5.41) is 6.73. The molecule has 2 N–H and O–H groups in total. The number of hydrogen-bond acceptors (Lipinski definition) is 6. The number of amides is 2. The van der Waals surface area contributed by atoms with Gasteiger partial charge in [0.25, 0.3) is 21.8 Å². The Hall–Kier alpha value is -4.18. The van der Waals surface area contributed by atoms with Crippen molar-refractivity contribution in [2.45, 2.75) is 45.6 Å². The molecule has 10 heteroatoms. The Morgan fingerprint density at radius 2 is 1.62 bits per heavy atom. The van der Waals surface area contributed by atoms with Gasteiger partial charge >= 0.3 is 0 Å². The Kier molecular flexibility index (Phi) is 9.84. The summed E-state index contributed by atoms with van der Waals surface area (Å²) < 4.78 is 33.7. The molecule has 0 aliphatic rings. The van der Waals surface area contributed by atoms with Gasteiger partial charge < -0.3 is 10.1 Å². The van der Waals surface area contributed by atoms with Crippen molar-refractivity contribution in [3.8, 4) is 5.75 Å². The lowest BCUT2D eigenvalue weighted by molar-refractivity contribution is -0.123. The van der Waals surface area contributed by atoms with Crippen LogP contribution in [0.15, 0.2) is 76.7 Å². The van der Waals surface area contributed by atoms with Crippen LogP contribution in [0.3, 0.4) is 0 Å². The van der Waals surface area contributed by atoms with Crippen molar-refractivity contribution in [2.24, 2.45) is 5.10 Å². The van der Waals surface area contributed by atoms with Crippen molar-refractivity contribution in [2.75, 3.05) is 17.5 Å². The molecule has 3 aromatic carbocycles. The number of anilines is 1. The average Bonchev–Trinajstić information content (AvgIpc) is 2.88. The fourth-order valence-corrected chi connectivity index (χ4v) is 5.13. The van der Waals surface area contributed by atoms with E-state index in [2.05, 4.69) is 15.8 Å². The van der Waals surface area contributed by atoms with E-state index < -0.39 is 22.5 Å². The standard InChI is InChI=1S/C29H34N4O5S/c1-20(2)31-29(35)19-38-25-13-11-24(12-14-25)17-30-32-28(34)18-33(27-8-6-7-22(4)23(27)5)39(36,37)26-15-9-21(3)10-16-26/h6-17,20H,18-19H2,1-5H3,(H,31,35)(H,32,34)/b30-17-. The summed E-state index contributed by atoms with van der Waals surface area (Å²) >= 11 is 0. The summed E-state index contributed by atoms with van der Waals surface area (Å²) in [6.45, 7) is 8.77. The summed E-state index contributed by atoms with van der Waals surface area (Å²) in [5.74, 6) is -0.294. The van der Waals surface area contributed by atoms with E-state index in [0.717, 1.165) is 21.0 Å². The Bertz CT molecular complexity index is 1430. The van der Waals surface area contributed by atoms with Gasteiger partial charge in [0.1, 0.15) is 12.3 Å². The first kappa shape index (κ1) is 29.4. The number of nitrogens with one attached hydrogen (secondary N) is 2. The number of hydrogen-bond donors (Lipinski definition) is 2. The maximum absolute atomic E-state index is 13.6. The van der Waals surface area contributed by atoms with E-state index >= 15 is 0 Å². The Morgan fingerprint density at radius 1 is 0.949 bits per heavy atom. The van der Waals surface area contributed by atoms with Crippen molar-refractivity contribution in [3.63, 3.8) is 0 Å². The quantitative estimate of drug-likeness (QED) is 0.278. The van der Waals surface area contributed by atoms with E-state index in [1.807, 2.05) is 40.7 Å². The van der Waals surface area contributed by atoms with Crippen LogP contribution < -0.4 is 19.8 Å². The van der Waals surface area contributed by atoms with E-state index in [-0.39, 0.29) is 23.5 Å². The van der Waals surface area contributed by atoms with Crippen LogP contribution in [-0.2, 0) is 19.6 Å². The van der Waals surface area contributed by atoms with Gasteiger partial charge in [0.15, 0.2) is 6.61 Å². The molecule has 3 aromatic rings. The van der Waals surface area contributed by atoms with Crippen LogP contribution in [0.4, 0.5) is 5.69 Å². The molecule has 0 aromatic heterocycles. The third kappa shape index (κ3) is 8.15. The second-order valence-electron chi connectivity index (χ2n) is 9.42. The molecule has 0 unspecified atom stereocenters. The molecule has 206 valence electrons. The Balaban J connectivity index is 1.70. The van der Waals surface area contributed by atoms with Gasteiger partial charge in [0.05, 0.1) is 16.8 Å². The number of carbonyl (C=O) groups is 2. The third-order valence-electron chi connectivity index (χ3n) is 5.84. The lowest BCUT2D eigenvalue weighted by atomic mass is 10.1. The highest BCUT2D eigenvalue weighted by atomic mass is 32.2. The molecule has 2 amide bonds. The highest BCUT2D eigenvalue weighted by molar-refractivity contribution is 7.92. The van der Waals surface area contributed by atoms with Crippen molar-refractivity contribution in [1.82, 2.24) is 10.7 Å². The lowest BCUT2D eigenvalue weighted by Gasteiger charge is -2.26. The van der Waals surface area contributed by atoms with Crippen LogP contribution in [0.2, 0.25) is 0 Å². The van der Waals surface area contributed by atoms with Gasteiger partial charge in [-0.2, -0.15) is 5.10 Å². The number of benzene rings is 3. The Labute approximate surface area is 229 Å². The highest BCUT2D eigenvalue weighted by Crippen LogP contribution is 2.28. The van der Waals surface area contributed by atoms with E-state index in [1.54, 1.807) is 48.5 Å². The van der Waals surface area contributed by atoms with Gasteiger partial charge in [-0.3, -0.25) is 13.9 Å². The number of aryl methyl sites for hydroxylation is 2. The first-order valence-corrected chi connectivity index (χ1v) is 13.9. The van der Waals surface area contributed by atoms with Crippen LogP contribution in [-0.4, -0.2) is 45.6 Å². The number of hydrazone groups is 1. The molecule has 0 saturated heterocycles. The molecule has 3 rings (SSSR count). The van der Waals surface area contributed by atoms with Gasteiger partial charge in [-0.25, -0.2) is 13.8 Å². The Morgan fingerprint density at radius 3 is 2.26 bits per heavy atom. The molecule has 0 fully saturated rings. The summed E-state index contributed by atoms with van der Waals surface area (Å²) in [7, 11) is -4.03. The number of nitrogens with zero attached hydrogens (tertiary/aromatic N) is 2. The molecular formula is C29H34N4O5S. The van der Waals surface area contributed by atoms with E-state index in [9.17, 15) is 18.0 Å². The van der Waals surface area contributed by atoms with Crippen LogP contribution in [0, 0.1) is 20.8 Å². The topological polar surface area (TPSA) is 117 Å². The summed E-state index contributed by atoms with van der Waals surface area (Å²) in [4.78, 5) is 24.6. The second kappa shape index (κ2) is 13.1. The smallest absolute Gasteiger partial charge is 0.264 e. The molecule has 39 heavy (non-hydrogen) atoms. The molecule has 9 nitrogen and oxygen atoms in total. The minimum atomic E-state index is -4.03. The second-order valence-corrected chi connectivity index (χ2v) is 11.3. The zero-order valence-electron chi connectivity index (χ0n) is 22.8. The number of carbonyl (C=O) groups excluding carboxylic acids is 2. The molecule has 0 spiro atoms. The predicted octanol–water partition coefficient (Wildman–Crippen LogP) is 3.86. The van der Waals surface area contributed by atoms with E-state index in [1.165, 1.54) is 18.3 Å². The molecule has 0 aliphatic carbocycles. The molecule has 0 atom stereocenters. The SMILES string of the molecule is Cc1ccc(S(=O)(=O)N(CC(=O)N/N=C\c2ccc(OCC(=O)NC(C)C)cc2)c2cccc(C)c2C)cc1. The van der Waals surface area contributed by atoms with Crippen molar-refractivity contribution in [3.05, 3.63) is 89.0 Å². The number of sulfonamides is 1. The van der Waals surface area contributed by atoms with Crippen molar-refractivity contribution < 1.29 is 22.7 Å². The zero-order valence-corrected chi connectivity index (χ0v) is 23.6. The maximum atomic E-state index is 13.6. The normalized spacial score (nSPS) is 11.4. The monoisotopic (exact) mass is 550 g/mol. The average molecular weight is 551 g/mol. The first-order chi connectivity index (χ1) is 18.5. The highest BCUT2D eigenvalue weighted by Gasteiger charge is 2.28. The molecule has 0 radical (unpaired) electrons. The molecule has 0 saturated carbocycles. The molecule has 0 bridgehead atoms. The zero-order chi connectivity index (χ0) is 28.6. The minimum Gasteiger partial charge on any atom is -0.484 e. The fraction of sp³-hybridized carbons (Fsp3) is 0.276. The van der Waals surface area contributed by atoms with Crippen molar-refractivity contribution in [1.29, 1.82) is 0 Å². The maximum Gasteiger partial charge on any atom is 0.264 e. The number of ether oxygens (including phenoxy) is 1. The minimum absolute atomic E-state index is 0.0329.